The summed E-state index contributed by atoms with van der Waals surface area (Å²) in [7, 11) is 0. The van der Waals surface area contributed by atoms with E-state index in [1.54, 1.807) is 0 Å². The molecule has 92 valence electrons. The Morgan fingerprint density at radius 1 is 1.35 bits per heavy atom. The van der Waals surface area contributed by atoms with Crippen LogP contribution in [0.3, 0.4) is 0 Å². The van der Waals surface area contributed by atoms with Crippen LogP contribution in [0.25, 0.3) is 0 Å². The molecule has 0 atom stereocenters. The van der Waals surface area contributed by atoms with E-state index in [0.29, 0.717) is 19.3 Å². The van der Waals surface area contributed by atoms with Crippen molar-refractivity contribution in [1.29, 1.82) is 0 Å². The topological polar surface area (TPSA) is 57.5 Å². The van der Waals surface area contributed by atoms with Crippen LogP contribution >= 0.6 is 0 Å². The van der Waals surface area contributed by atoms with E-state index < -0.39 is 11.6 Å². The summed E-state index contributed by atoms with van der Waals surface area (Å²) < 4.78 is 0. The van der Waals surface area contributed by atoms with Crippen LogP contribution in [0.4, 0.5) is 0 Å². The molecular formula is C14H18O3. The molecule has 1 fully saturated rings. The number of carboxylic acids is 1. The monoisotopic (exact) mass is 234 g/mol. The van der Waals surface area contributed by atoms with Gasteiger partial charge in [-0.3, -0.25) is 4.79 Å². The van der Waals surface area contributed by atoms with Gasteiger partial charge in [0.15, 0.2) is 0 Å². The minimum atomic E-state index is -0.815. The van der Waals surface area contributed by atoms with Crippen molar-refractivity contribution in [2.75, 3.05) is 0 Å². The number of benzene rings is 1. The van der Waals surface area contributed by atoms with Gasteiger partial charge < -0.3 is 10.2 Å². The van der Waals surface area contributed by atoms with E-state index in [-0.39, 0.29) is 5.92 Å². The lowest BCUT2D eigenvalue weighted by molar-refractivity contribution is -0.158. The lowest BCUT2D eigenvalue weighted by Gasteiger charge is -2.41. The van der Waals surface area contributed by atoms with Gasteiger partial charge in [0.25, 0.3) is 0 Å². The molecule has 2 rings (SSSR count). The quantitative estimate of drug-likeness (QED) is 0.841. The van der Waals surface area contributed by atoms with E-state index in [1.165, 1.54) is 11.1 Å². The molecular weight excluding hydrogens is 216 g/mol. The number of aliphatic hydroxyl groups is 1. The summed E-state index contributed by atoms with van der Waals surface area (Å²) in [4.78, 5) is 10.7. The average Bonchev–Trinajstić information content (AvgIpc) is 2.19. The minimum absolute atomic E-state index is 0.369. The van der Waals surface area contributed by atoms with Crippen LogP contribution in [0.15, 0.2) is 18.2 Å². The fourth-order valence-electron chi connectivity index (χ4n) is 2.47. The van der Waals surface area contributed by atoms with E-state index in [9.17, 15) is 9.90 Å². The molecule has 0 radical (unpaired) electrons. The third-order valence-corrected chi connectivity index (χ3v) is 3.71. The fraction of sp³-hybridized carbons (Fsp3) is 0.500. The highest BCUT2D eigenvalue weighted by Gasteiger charge is 2.46. The Morgan fingerprint density at radius 3 is 2.53 bits per heavy atom. The summed E-state index contributed by atoms with van der Waals surface area (Å²) in [6.45, 7) is 4.10. The second kappa shape index (κ2) is 4.15. The van der Waals surface area contributed by atoms with E-state index >= 15 is 0 Å². The van der Waals surface area contributed by atoms with Crippen molar-refractivity contribution in [1.82, 2.24) is 0 Å². The summed E-state index contributed by atoms with van der Waals surface area (Å²) in [5.74, 6) is -1.17. The molecule has 1 aliphatic carbocycles. The summed E-state index contributed by atoms with van der Waals surface area (Å²) >= 11 is 0. The molecule has 17 heavy (non-hydrogen) atoms. The first kappa shape index (κ1) is 12.1. The Balaban J connectivity index is 2.02. The highest BCUT2D eigenvalue weighted by molar-refractivity contribution is 5.71. The Morgan fingerprint density at radius 2 is 2.00 bits per heavy atom. The van der Waals surface area contributed by atoms with Gasteiger partial charge in [0.05, 0.1) is 11.5 Å². The molecule has 0 unspecified atom stereocenters. The van der Waals surface area contributed by atoms with Crippen molar-refractivity contribution < 1.29 is 15.0 Å². The highest BCUT2D eigenvalue weighted by atomic mass is 16.4. The van der Waals surface area contributed by atoms with Crippen LogP contribution in [0.5, 0.6) is 0 Å². The van der Waals surface area contributed by atoms with Crippen molar-refractivity contribution in [3.63, 3.8) is 0 Å². The standard InChI is InChI=1S/C14H18O3/c1-9-3-4-11(5-10(9)2)6-14(17)7-12(8-14)13(15)16/h3-5,12,17H,6-8H2,1-2H3,(H,15,16). The average molecular weight is 234 g/mol. The van der Waals surface area contributed by atoms with Crippen LogP contribution in [-0.4, -0.2) is 21.8 Å². The number of carbonyl (C=O) groups is 1. The first-order valence-electron chi connectivity index (χ1n) is 5.91. The predicted octanol–water partition coefficient (Wildman–Crippen LogP) is 2.07. The summed E-state index contributed by atoms with van der Waals surface area (Å²) in [6.07, 6.45) is 1.29. The molecule has 0 aliphatic heterocycles. The van der Waals surface area contributed by atoms with Crippen molar-refractivity contribution in [2.24, 2.45) is 5.92 Å². The van der Waals surface area contributed by atoms with E-state index in [2.05, 4.69) is 13.0 Å². The van der Waals surface area contributed by atoms with Gasteiger partial charge in [0.2, 0.25) is 0 Å². The third kappa shape index (κ3) is 2.50. The maximum Gasteiger partial charge on any atom is 0.306 e. The SMILES string of the molecule is Cc1ccc(CC2(O)CC(C(=O)O)C2)cc1C. The van der Waals surface area contributed by atoms with Crippen molar-refractivity contribution in [3.05, 3.63) is 34.9 Å². The number of rotatable bonds is 3. The minimum Gasteiger partial charge on any atom is -0.481 e. The van der Waals surface area contributed by atoms with Gasteiger partial charge in [-0.05, 0) is 43.4 Å². The zero-order chi connectivity index (χ0) is 12.6. The smallest absolute Gasteiger partial charge is 0.306 e. The van der Waals surface area contributed by atoms with Gasteiger partial charge in [-0.25, -0.2) is 0 Å². The van der Waals surface area contributed by atoms with Gasteiger partial charge in [0.1, 0.15) is 0 Å². The molecule has 3 heteroatoms. The van der Waals surface area contributed by atoms with Crippen molar-refractivity contribution in [3.8, 4) is 0 Å². The van der Waals surface area contributed by atoms with Gasteiger partial charge in [-0.2, -0.15) is 0 Å². The predicted molar refractivity (Wildman–Crippen MR) is 64.9 cm³/mol. The lowest BCUT2D eigenvalue weighted by Crippen LogP contribution is -2.48. The number of hydrogen-bond donors (Lipinski definition) is 2. The third-order valence-electron chi connectivity index (χ3n) is 3.71. The van der Waals surface area contributed by atoms with E-state index in [4.69, 9.17) is 5.11 Å². The Kier molecular flexibility index (Phi) is 2.96. The molecule has 0 heterocycles. The first-order valence-corrected chi connectivity index (χ1v) is 5.91. The highest BCUT2D eigenvalue weighted by Crippen LogP contribution is 2.40. The fourth-order valence-corrected chi connectivity index (χ4v) is 2.47. The molecule has 0 bridgehead atoms. The normalized spacial score (nSPS) is 27.6. The van der Waals surface area contributed by atoms with Gasteiger partial charge in [0, 0.05) is 6.42 Å². The zero-order valence-electron chi connectivity index (χ0n) is 10.2. The van der Waals surface area contributed by atoms with Crippen LogP contribution in [0.1, 0.15) is 29.5 Å². The van der Waals surface area contributed by atoms with Gasteiger partial charge >= 0.3 is 5.97 Å². The summed E-state index contributed by atoms with van der Waals surface area (Å²) in [5.41, 5.74) is 2.71. The Bertz CT molecular complexity index is 445. The van der Waals surface area contributed by atoms with E-state index in [0.717, 1.165) is 5.56 Å². The molecule has 0 amide bonds. The molecule has 1 aromatic rings. The number of aryl methyl sites for hydroxylation is 2. The van der Waals surface area contributed by atoms with Crippen LogP contribution < -0.4 is 0 Å². The molecule has 0 saturated heterocycles. The lowest BCUT2D eigenvalue weighted by atomic mass is 9.68. The molecule has 1 saturated carbocycles. The summed E-state index contributed by atoms with van der Waals surface area (Å²) in [6, 6.07) is 6.12. The molecule has 3 nitrogen and oxygen atoms in total. The summed E-state index contributed by atoms with van der Waals surface area (Å²) in [5, 5.41) is 19.0. The second-order valence-corrected chi connectivity index (χ2v) is 5.26. The zero-order valence-corrected chi connectivity index (χ0v) is 10.2. The number of carboxylic acid groups (broad SMARTS) is 1. The van der Waals surface area contributed by atoms with Gasteiger partial charge in [-0.1, -0.05) is 18.2 Å². The van der Waals surface area contributed by atoms with Gasteiger partial charge in [-0.15, -0.1) is 0 Å². The van der Waals surface area contributed by atoms with Crippen LogP contribution in [0, 0.1) is 19.8 Å². The maximum absolute atomic E-state index is 10.7. The number of aliphatic carboxylic acids is 1. The van der Waals surface area contributed by atoms with Crippen molar-refractivity contribution >= 4 is 5.97 Å². The second-order valence-electron chi connectivity index (χ2n) is 5.26. The van der Waals surface area contributed by atoms with Crippen LogP contribution in [0.2, 0.25) is 0 Å². The van der Waals surface area contributed by atoms with Crippen molar-refractivity contribution in [2.45, 2.75) is 38.7 Å². The molecule has 1 aliphatic rings. The maximum atomic E-state index is 10.7. The van der Waals surface area contributed by atoms with Crippen LogP contribution in [-0.2, 0) is 11.2 Å². The Hall–Kier alpha value is -1.35. The number of hydrogen-bond acceptors (Lipinski definition) is 2. The van der Waals surface area contributed by atoms with E-state index in [1.807, 2.05) is 19.1 Å². The largest absolute Gasteiger partial charge is 0.481 e. The molecule has 2 N–H and O–H groups in total. The first-order chi connectivity index (χ1) is 7.89. The Labute approximate surface area is 101 Å². The molecule has 0 spiro atoms. The molecule has 0 aromatic heterocycles. The molecule has 1 aromatic carbocycles.